The minimum Gasteiger partial charge on any atom is -0.504 e. The van der Waals surface area contributed by atoms with Gasteiger partial charge in [-0.2, -0.15) is 0 Å². The number of para-hydroxylation sites is 1. The van der Waals surface area contributed by atoms with Crippen LogP contribution < -0.4 is 4.74 Å². The zero-order valence-corrected chi connectivity index (χ0v) is 16.0. The molecule has 25 heavy (non-hydrogen) atoms. The summed E-state index contributed by atoms with van der Waals surface area (Å²) in [6, 6.07) is 7.83. The maximum Gasteiger partial charge on any atom is 0.127 e. The summed E-state index contributed by atoms with van der Waals surface area (Å²) in [6.07, 6.45) is 8.14. The second-order valence-corrected chi connectivity index (χ2v) is 5.99. The fourth-order valence-electron chi connectivity index (χ4n) is 2.26. The molecule has 0 saturated heterocycles. The third kappa shape index (κ3) is 8.57. The van der Waals surface area contributed by atoms with Gasteiger partial charge in [-0.05, 0) is 45.8 Å². The molecule has 0 bridgehead atoms. The molecule has 0 aliphatic rings. The molecule has 0 atom stereocenters. The standard InChI is InChI=1S/C21H30O4/c1-17(2)9-8-10-18(3)13-14-24-21-12-7-6-11-20(21)19(15-22-4)16-25-23-5/h6-7,9,11-13,15H,8,10,14,16H2,1-5H3. The molecule has 1 aromatic rings. The van der Waals surface area contributed by atoms with E-state index in [2.05, 4.69) is 32.9 Å². The van der Waals surface area contributed by atoms with Crippen LogP contribution in [0.25, 0.3) is 5.57 Å². The van der Waals surface area contributed by atoms with Gasteiger partial charge < -0.3 is 9.47 Å². The van der Waals surface area contributed by atoms with Gasteiger partial charge in [0, 0.05) is 11.1 Å². The monoisotopic (exact) mass is 346 g/mol. The van der Waals surface area contributed by atoms with Crippen LogP contribution in [0, 0.1) is 0 Å². The first kappa shape index (κ1) is 21.0. The van der Waals surface area contributed by atoms with Crippen molar-refractivity contribution in [1.29, 1.82) is 0 Å². The average molecular weight is 346 g/mol. The van der Waals surface area contributed by atoms with Crippen LogP contribution in [0.3, 0.4) is 0 Å². The molecule has 1 aromatic carbocycles. The van der Waals surface area contributed by atoms with Gasteiger partial charge in [0.2, 0.25) is 0 Å². The molecular formula is C21H30O4. The van der Waals surface area contributed by atoms with Crippen LogP contribution in [0.5, 0.6) is 5.75 Å². The molecule has 138 valence electrons. The van der Waals surface area contributed by atoms with Gasteiger partial charge in [0.25, 0.3) is 0 Å². The molecule has 0 aliphatic carbocycles. The average Bonchev–Trinajstić information content (AvgIpc) is 2.59. The van der Waals surface area contributed by atoms with Crippen LogP contribution in [0.2, 0.25) is 0 Å². The lowest BCUT2D eigenvalue weighted by molar-refractivity contribution is -0.261. The van der Waals surface area contributed by atoms with Crippen molar-refractivity contribution in [3.63, 3.8) is 0 Å². The first-order valence-corrected chi connectivity index (χ1v) is 8.47. The van der Waals surface area contributed by atoms with Crippen molar-refractivity contribution in [2.24, 2.45) is 0 Å². The van der Waals surface area contributed by atoms with E-state index in [1.54, 1.807) is 13.4 Å². The van der Waals surface area contributed by atoms with Gasteiger partial charge in [0.05, 0.1) is 20.5 Å². The zero-order chi connectivity index (χ0) is 18.5. The molecular weight excluding hydrogens is 316 g/mol. The molecule has 0 amide bonds. The van der Waals surface area contributed by atoms with Gasteiger partial charge in [-0.25, -0.2) is 9.78 Å². The van der Waals surface area contributed by atoms with Gasteiger partial charge in [0.15, 0.2) is 0 Å². The van der Waals surface area contributed by atoms with E-state index in [4.69, 9.17) is 19.2 Å². The Balaban J connectivity index is 2.73. The van der Waals surface area contributed by atoms with E-state index in [0.717, 1.165) is 29.7 Å². The maximum absolute atomic E-state index is 5.96. The molecule has 0 heterocycles. The fraction of sp³-hybridized carbons (Fsp3) is 0.429. The molecule has 4 heteroatoms. The zero-order valence-electron chi connectivity index (χ0n) is 16.0. The lowest BCUT2D eigenvalue weighted by atomic mass is 10.1. The van der Waals surface area contributed by atoms with E-state index in [1.165, 1.54) is 18.3 Å². The Morgan fingerprint density at radius 3 is 2.48 bits per heavy atom. The highest BCUT2D eigenvalue weighted by Crippen LogP contribution is 2.26. The van der Waals surface area contributed by atoms with Gasteiger partial charge >= 0.3 is 0 Å². The van der Waals surface area contributed by atoms with Gasteiger partial charge in [-0.3, -0.25) is 0 Å². The van der Waals surface area contributed by atoms with Crippen LogP contribution in [0.1, 0.15) is 39.2 Å². The minimum absolute atomic E-state index is 0.280. The van der Waals surface area contributed by atoms with Crippen molar-refractivity contribution in [2.45, 2.75) is 33.6 Å². The third-order valence-corrected chi connectivity index (χ3v) is 3.59. The van der Waals surface area contributed by atoms with Crippen molar-refractivity contribution >= 4 is 5.57 Å². The Labute approximate surface area is 151 Å². The molecule has 4 nitrogen and oxygen atoms in total. The molecule has 0 radical (unpaired) electrons. The van der Waals surface area contributed by atoms with Crippen LogP contribution >= 0.6 is 0 Å². The molecule has 0 saturated carbocycles. The van der Waals surface area contributed by atoms with Crippen LogP contribution in [0.4, 0.5) is 0 Å². The molecule has 0 aliphatic heterocycles. The minimum atomic E-state index is 0.280. The van der Waals surface area contributed by atoms with Crippen molar-refractivity contribution in [3.8, 4) is 5.75 Å². The number of ether oxygens (including phenoxy) is 2. The molecule has 0 N–H and O–H groups in total. The van der Waals surface area contributed by atoms with Crippen molar-refractivity contribution in [3.05, 3.63) is 59.4 Å². The van der Waals surface area contributed by atoms with Crippen molar-refractivity contribution in [1.82, 2.24) is 0 Å². The summed E-state index contributed by atoms with van der Waals surface area (Å²) in [5.41, 5.74) is 4.46. The number of hydrogen-bond acceptors (Lipinski definition) is 4. The van der Waals surface area contributed by atoms with Crippen molar-refractivity contribution in [2.75, 3.05) is 27.4 Å². The maximum atomic E-state index is 5.96. The van der Waals surface area contributed by atoms with Gasteiger partial charge in [-0.1, -0.05) is 35.4 Å². The van der Waals surface area contributed by atoms with Gasteiger partial charge in [-0.15, -0.1) is 0 Å². The lowest BCUT2D eigenvalue weighted by Crippen LogP contribution is -2.02. The van der Waals surface area contributed by atoms with Crippen LogP contribution in [-0.2, 0) is 14.5 Å². The van der Waals surface area contributed by atoms with E-state index < -0.39 is 0 Å². The van der Waals surface area contributed by atoms with Crippen LogP contribution in [-0.4, -0.2) is 27.4 Å². The number of benzene rings is 1. The second-order valence-electron chi connectivity index (χ2n) is 5.99. The first-order valence-electron chi connectivity index (χ1n) is 8.47. The molecule has 0 aromatic heterocycles. The smallest absolute Gasteiger partial charge is 0.127 e. The largest absolute Gasteiger partial charge is 0.504 e. The Morgan fingerprint density at radius 1 is 1.04 bits per heavy atom. The highest BCUT2D eigenvalue weighted by atomic mass is 17.2. The van der Waals surface area contributed by atoms with E-state index in [-0.39, 0.29) is 6.61 Å². The number of allylic oxidation sites excluding steroid dienone is 3. The number of methoxy groups -OCH3 is 1. The Morgan fingerprint density at radius 2 is 1.80 bits per heavy atom. The first-order chi connectivity index (χ1) is 12.1. The molecule has 1 rings (SSSR count). The summed E-state index contributed by atoms with van der Waals surface area (Å²) in [5.74, 6) is 0.791. The summed E-state index contributed by atoms with van der Waals surface area (Å²) < 4.78 is 11.1. The SMILES string of the molecule is COC=C(COOC)c1ccccc1OCC=C(C)CCC=C(C)C. The van der Waals surface area contributed by atoms with Crippen LogP contribution in [0.15, 0.2) is 53.8 Å². The topological polar surface area (TPSA) is 36.9 Å². The summed E-state index contributed by atoms with van der Waals surface area (Å²) in [5, 5.41) is 0. The summed E-state index contributed by atoms with van der Waals surface area (Å²) in [4.78, 5) is 9.74. The third-order valence-electron chi connectivity index (χ3n) is 3.59. The predicted molar refractivity (Wildman–Crippen MR) is 102 cm³/mol. The highest BCUT2D eigenvalue weighted by Gasteiger charge is 2.09. The van der Waals surface area contributed by atoms with E-state index in [1.807, 2.05) is 24.3 Å². The molecule has 0 spiro atoms. The summed E-state index contributed by atoms with van der Waals surface area (Å²) >= 11 is 0. The lowest BCUT2D eigenvalue weighted by Gasteiger charge is -2.13. The highest BCUT2D eigenvalue weighted by molar-refractivity contribution is 5.70. The summed E-state index contributed by atoms with van der Waals surface area (Å²) in [7, 11) is 3.09. The van der Waals surface area contributed by atoms with E-state index in [0.29, 0.717) is 6.61 Å². The van der Waals surface area contributed by atoms with E-state index >= 15 is 0 Å². The van der Waals surface area contributed by atoms with Crippen molar-refractivity contribution < 1.29 is 19.2 Å². The Kier molecular flexibility index (Phi) is 10.4. The normalized spacial score (nSPS) is 12.0. The second kappa shape index (κ2) is 12.3. The van der Waals surface area contributed by atoms with Gasteiger partial charge in [0.1, 0.15) is 19.0 Å². The number of hydrogen-bond donors (Lipinski definition) is 0. The fourth-order valence-corrected chi connectivity index (χ4v) is 2.26. The number of rotatable bonds is 11. The van der Waals surface area contributed by atoms with E-state index in [9.17, 15) is 0 Å². The Bertz CT molecular complexity index is 596. The molecule has 0 unspecified atom stereocenters. The predicted octanol–water partition coefficient (Wildman–Crippen LogP) is 5.32. The quantitative estimate of drug-likeness (QED) is 0.235. The molecule has 0 fully saturated rings. The Hall–Kier alpha value is -2.04. The summed E-state index contributed by atoms with van der Waals surface area (Å²) in [6.45, 7) is 7.19.